The molecule has 2 amide bonds. The van der Waals surface area contributed by atoms with Crippen LogP contribution in [0, 0.1) is 0 Å². The van der Waals surface area contributed by atoms with Gasteiger partial charge in [0.15, 0.2) is 0 Å². The first kappa shape index (κ1) is 18.9. The molecule has 0 saturated carbocycles. The van der Waals surface area contributed by atoms with Crippen LogP contribution < -0.4 is 5.32 Å². The van der Waals surface area contributed by atoms with Gasteiger partial charge in [-0.3, -0.25) is 0 Å². The average Bonchev–Trinajstić information content (AvgIpc) is 2.54. The fourth-order valence-electron chi connectivity index (χ4n) is 3.44. The van der Waals surface area contributed by atoms with E-state index in [1.807, 2.05) is 16.7 Å². The zero-order chi connectivity index (χ0) is 16.7. The third-order valence-corrected chi connectivity index (χ3v) is 6.02. The van der Waals surface area contributed by atoms with Gasteiger partial charge in [0.25, 0.3) is 0 Å². The summed E-state index contributed by atoms with van der Waals surface area (Å²) in [5, 5.41) is 4.19. The minimum absolute atomic E-state index is 0.126. The van der Waals surface area contributed by atoms with Gasteiger partial charge in [0.2, 0.25) is 0 Å². The zero-order valence-corrected chi connectivity index (χ0v) is 15.9. The van der Waals surface area contributed by atoms with Crippen molar-refractivity contribution in [2.45, 2.75) is 44.1 Å². The maximum absolute atomic E-state index is 12.2. The summed E-state index contributed by atoms with van der Waals surface area (Å²) in [6.45, 7) is 16.4. The lowest BCUT2D eigenvalue weighted by molar-refractivity contribution is 0.135. The van der Waals surface area contributed by atoms with Crippen molar-refractivity contribution in [1.82, 2.24) is 20.0 Å². The van der Waals surface area contributed by atoms with Crippen molar-refractivity contribution in [3.05, 3.63) is 0 Å². The fraction of sp³-hybridized carbons (Fsp3) is 0.941. The predicted octanol–water partition coefficient (Wildman–Crippen LogP) is 1.94. The van der Waals surface area contributed by atoms with Gasteiger partial charge in [0.1, 0.15) is 0 Å². The van der Waals surface area contributed by atoms with Gasteiger partial charge in [-0.1, -0.05) is 20.8 Å². The first-order chi connectivity index (χ1) is 11.1. The number of nitrogens with zero attached hydrogens (tertiary/aromatic N) is 3. The molecule has 0 spiro atoms. The number of carbonyl (C=O) groups is 1. The Morgan fingerprint density at radius 3 is 2.26 bits per heavy atom. The van der Waals surface area contributed by atoms with E-state index in [-0.39, 0.29) is 6.03 Å². The van der Waals surface area contributed by atoms with Crippen molar-refractivity contribution in [2.24, 2.45) is 0 Å². The van der Waals surface area contributed by atoms with Crippen molar-refractivity contribution in [1.29, 1.82) is 0 Å². The summed E-state index contributed by atoms with van der Waals surface area (Å²) < 4.78 is 0. The molecule has 2 rings (SSSR count). The number of hydrogen-bond acceptors (Lipinski definition) is 4. The summed E-state index contributed by atoms with van der Waals surface area (Å²) in [5.41, 5.74) is 0. The largest absolute Gasteiger partial charge is 0.338 e. The molecule has 1 N–H and O–H groups in total. The molecule has 2 fully saturated rings. The molecule has 0 aromatic carbocycles. The van der Waals surface area contributed by atoms with Gasteiger partial charge in [-0.25, -0.2) is 4.79 Å². The monoisotopic (exact) mass is 342 g/mol. The van der Waals surface area contributed by atoms with E-state index >= 15 is 0 Å². The predicted molar refractivity (Wildman–Crippen MR) is 99.3 cm³/mol. The number of rotatable bonds is 6. The van der Waals surface area contributed by atoms with Crippen molar-refractivity contribution >= 4 is 17.8 Å². The van der Waals surface area contributed by atoms with Crippen LogP contribution in [0.25, 0.3) is 0 Å². The average molecular weight is 343 g/mol. The SMILES string of the molecule is CCN1CCN(CCCCNC(=O)N2CC(C)SC(C)C2)CC1. The molecule has 2 saturated heterocycles. The zero-order valence-electron chi connectivity index (χ0n) is 15.1. The van der Waals surface area contributed by atoms with E-state index in [9.17, 15) is 4.79 Å². The fourth-order valence-corrected chi connectivity index (χ4v) is 4.77. The van der Waals surface area contributed by atoms with E-state index in [1.54, 1.807) is 0 Å². The standard InChI is InChI=1S/C17H34N4OS/c1-4-19-9-11-20(12-10-19)8-6-5-7-18-17(22)21-13-15(2)23-16(3)14-21/h15-16H,4-14H2,1-3H3,(H,18,22). The van der Waals surface area contributed by atoms with Gasteiger partial charge in [-0.15, -0.1) is 0 Å². The molecule has 5 nitrogen and oxygen atoms in total. The summed E-state index contributed by atoms with van der Waals surface area (Å²) in [6.07, 6.45) is 2.25. The second-order valence-corrected chi connectivity index (χ2v) is 8.76. The Morgan fingerprint density at radius 2 is 1.65 bits per heavy atom. The highest BCUT2D eigenvalue weighted by atomic mass is 32.2. The van der Waals surface area contributed by atoms with Crippen molar-refractivity contribution in [3.8, 4) is 0 Å². The molecule has 2 heterocycles. The molecular weight excluding hydrogens is 308 g/mol. The molecule has 0 bridgehead atoms. The van der Waals surface area contributed by atoms with Crippen LogP contribution >= 0.6 is 11.8 Å². The summed E-state index contributed by atoms with van der Waals surface area (Å²) in [5.74, 6) is 0. The number of piperazine rings is 1. The number of thioether (sulfide) groups is 1. The van der Waals surface area contributed by atoms with Gasteiger partial charge >= 0.3 is 6.03 Å². The highest BCUT2D eigenvalue weighted by Crippen LogP contribution is 2.24. The lowest BCUT2D eigenvalue weighted by Gasteiger charge is -2.34. The van der Waals surface area contributed by atoms with Crippen molar-refractivity contribution < 1.29 is 4.79 Å². The molecule has 0 aromatic rings. The van der Waals surface area contributed by atoms with E-state index in [2.05, 4.69) is 35.9 Å². The summed E-state index contributed by atoms with van der Waals surface area (Å²) >= 11 is 1.98. The molecule has 0 aliphatic carbocycles. The Morgan fingerprint density at radius 1 is 1.04 bits per heavy atom. The van der Waals surface area contributed by atoms with E-state index < -0.39 is 0 Å². The lowest BCUT2D eigenvalue weighted by Crippen LogP contribution is -2.48. The molecule has 2 aliphatic heterocycles. The maximum atomic E-state index is 12.2. The van der Waals surface area contributed by atoms with E-state index in [4.69, 9.17) is 0 Å². The number of urea groups is 1. The lowest BCUT2D eigenvalue weighted by atomic mass is 10.2. The van der Waals surface area contributed by atoms with Crippen LogP contribution in [-0.4, -0.2) is 90.1 Å². The van der Waals surface area contributed by atoms with Crippen LogP contribution in [0.3, 0.4) is 0 Å². The van der Waals surface area contributed by atoms with Crippen LogP contribution in [0.5, 0.6) is 0 Å². The number of likely N-dealkylation sites (N-methyl/N-ethyl adjacent to an activating group) is 1. The number of hydrogen-bond donors (Lipinski definition) is 1. The second kappa shape index (κ2) is 9.74. The quantitative estimate of drug-likeness (QED) is 0.749. The molecule has 2 unspecified atom stereocenters. The minimum Gasteiger partial charge on any atom is -0.338 e. The van der Waals surface area contributed by atoms with Crippen LogP contribution in [0.2, 0.25) is 0 Å². The van der Waals surface area contributed by atoms with Gasteiger partial charge in [0, 0.05) is 56.3 Å². The Balaban J connectivity index is 1.52. The van der Waals surface area contributed by atoms with Gasteiger partial charge < -0.3 is 20.0 Å². The van der Waals surface area contributed by atoms with E-state index in [1.165, 1.54) is 45.7 Å². The molecule has 6 heteroatoms. The Labute approximate surface area is 146 Å². The Hall–Kier alpha value is -0.460. The third kappa shape index (κ3) is 6.51. The molecular formula is C17H34N4OS. The molecule has 2 atom stereocenters. The number of carbonyl (C=O) groups excluding carboxylic acids is 1. The van der Waals surface area contributed by atoms with Crippen LogP contribution in [-0.2, 0) is 0 Å². The highest BCUT2D eigenvalue weighted by molar-refractivity contribution is 8.00. The number of unbranched alkanes of at least 4 members (excludes halogenated alkanes) is 1. The Kier molecular flexibility index (Phi) is 7.99. The first-order valence-corrected chi connectivity index (χ1v) is 10.2. The molecule has 134 valence electrons. The van der Waals surface area contributed by atoms with Gasteiger partial charge in [0.05, 0.1) is 0 Å². The molecule has 23 heavy (non-hydrogen) atoms. The molecule has 0 aromatic heterocycles. The molecule has 2 aliphatic rings. The third-order valence-electron chi connectivity index (χ3n) is 4.80. The van der Waals surface area contributed by atoms with E-state index in [0.717, 1.165) is 26.1 Å². The van der Waals surface area contributed by atoms with Gasteiger partial charge in [-0.05, 0) is 25.9 Å². The number of amides is 2. The van der Waals surface area contributed by atoms with Crippen molar-refractivity contribution in [3.63, 3.8) is 0 Å². The summed E-state index contributed by atoms with van der Waals surface area (Å²) in [4.78, 5) is 19.3. The highest BCUT2D eigenvalue weighted by Gasteiger charge is 2.25. The summed E-state index contributed by atoms with van der Waals surface area (Å²) in [7, 11) is 0. The van der Waals surface area contributed by atoms with Crippen LogP contribution in [0.4, 0.5) is 4.79 Å². The Bertz CT molecular complexity index is 351. The van der Waals surface area contributed by atoms with Crippen LogP contribution in [0.1, 0.15) is 33.6 Å². The smallest absolute Gasteiger partial charge is 0.317 e. The number of nitrogens with one attached hydrogen (secondary N) is 1. The van der Waals surface area contributed by atoms with Crippen LogP contribution in [0.15, 0.2) is 0 Å². The normalized spacial score (nSPS) is 27.2. The van der Waals surface area contributed by atoms with E-state index in [0.29, 0.717) is 10.5 Å². The van der Waals surface area contributed by atoms with Gasteiger partial charge in [-0.2, -0.15) is 11.8 Å². The summed E-state index contributed by atoms with van der Waals surface area (Å²) in [6, 6.07) is 0.126. The minimum atomic E-state index is 0.126. The maximum Gasteiger partial charge on any atom is 0.317 e. The second-order valence-electron chi connectivity index (χ2n) is 6.88. The molecule has 0 radical (unpaired) electrons. The first-order valence-electron chi connectivity index (χ1n) is 9.21. The topological polar surface area (TPSA) is 38.8 Å². The van der Waals surface area contributed by atoms with Crippen molar-refractivity contribution in [2.75, 3.05) is 58.9 Å².